The van der Waals surface area contributed by atoms with Crippen LogP contribution in [0.3, 0.4) is 0 Å². The van der Waals surface area contributed by atoms with E-state index < -0.39 is 74.1 Å². The maximum atomic E-state index is 13.1. The van der Waals surface area contributed by atoms with E-state index in [0.29, 0.717) is 51.5 Å². The van der Waals surface area contributed by atoms with Gasteiger partial charge in [0, 0.05) is 51.6 Å². The van der Waals surface area contributed by atoms with Gasteiger partial charge in [-0.2, -0.15) is 0 Å². The number of rotatable bonds is 27. The van der Waals surface area contributed by atoms with Crippen molar-refractivity contribution in [3.05, 3.63) is 0 Å². The number of hydrogen-bond donors (Lipinski definition) is 9. The molecular weight excluding hydrogens is 823 g/mol. The van der Waals surface area contributed by atoms with E-state index in [-0.39, 0.29) is 97.4 Å². The maximum Gasteiger partial charge on any atom is 0.317 e. The smallest absolute Gasteiger partial charge is 0.317 e. The van der Waals surface area contributed by atoms with Gasteiger partial charge in [-0.05, 0) is 111 Å². The first-order chi connectivity index (χ1) is 29.6. The van der Waals surface area contributed by atoms with Crippen molar-refractivity contribution in [2.45, 2.75) is 122 Å². The van der Waals surface area contributed by atoms with Crippen molar-refractivity contribution in [2.24, 2.45) is 46.3 Å². The van der Waals surface area contributed by atoms with E-state index in [1.165, 1.54) is 9.80 Å². The molecule has 0 aromatic heterocycles. The highest BCUT2D eigenvalue weighted by molar-refractivity contribution is 5.79. The van der Waals surface area contributed by atoms with Gasteiger partial charge in [-0.1, -0.05) is 27.2 Å². The van der Waals surface area contributed by atoms with Crippen LogP contribution in [0.2, 0.25) is 0 Å². The Hall–Kier alpha value is -3.91. The molecule has 4 fully saturated rings. The average Bonchev–Trinajstić information content (AvgIpc) is 3.54. The van der Waals surface area contributed by atoms with E-state index in [2.05, 4.69) is 31.4 Å². The standard InChI is InChI=1S/C44H73N5O14/c1-27(8-11-37(54)55)30-9-10-31-42-32(21-34(51)44(30,31)3)43(2)13-12-29(19-28(43)20-33(42)50)46-35(52)7-5-4-6-14-45-36(53)22-48(24-39(58)59)17-15-47(23-38(56)57)16-18-49(25-40(60)61)26-41(62)63/h27-34,42,50-51H,4-26H2,1-3H3,(H,45,53)(H,46,52)(H,54,55)(H,56,57)(H,58,59)(H,60,61)(H,62,63)/t27-,28+,29+,30-,31+,32+,33-,34+,42+,43+,44-/m1/s1. The summed E-state index contributed by atoms with van der Waals surface area (Å²) in [5.74, 6) is -5.10. The molecule has 4 aliphatic rings. The Balaban J connectivity index is 1.17. The number of nitrogens with one attached hydrogen (secondary N) is 2. The Morgan fingerprint density at radius 1 is 0.635 bits per heavy atom. The number of carboxylic acids is 5. The topological polar surface area (TPSA) is 295 Å². The van der Waals surface area contributed by atoms with Crippen molar-refractivity contribution < 1.29 is 69.3 Å². The van der Waals surface area contributed by atoms with Gasteiger partial charge in [0.1, 0.15) is 0 Å². The monoisotopic (exact) mass is 896 g/mol. The number of carbonyl (C=O) groups excluding carboxylic acids is 2. The molecule has 0 heterocycles. The zero-order valence-electron chi connectivity index (χ0n) is 37.3. The minimum Gasteiger partial charge on any atom is -0.481 e. The molecule has 4 aliphatic carbocycles. The highest BCUT2D eigenvalue weighted by atomic mass is 16.4. The van der Waals surface area contributed by atoms with Crippen LogP contribution in [0.25, 0.3) is 0 Å². The molecule has 0 aromatic carbocycles. The van der Waals surface area contributed by atoms with Gasteiger partial charge in [0.15, 0.2) is 0 Å². The van der Waals surface area contributed by atoms with E-state index in [9.17, 15) is 59.1 Å². The van der Waals surface area contributed by atoms with Gasteiger partial charge in [0.05, 0.1) is 44.9 Å². The highest BCUT2D eigenvalue weighted by Gasteiger charge is 2.65. The fourth-order valence-electron chi connectivity index (χ4n) is 12.2. The SMILES string of the molecule is C[C@H](CCC(=O)O)[C@H]1CC[C@H]2[C@@H]3[C@H](O)C[C@@H]4C[C@@H](NC(=O)CCCCCNC(=O)CN(CCN(CCN(CC(=O)O)CC(=O)O)CC(=O)O)CC(=O)O)CC[C@]4(C)[C@H]3C[C@H](O)[C@]12C. The van der Waals surface area contributed by atoms with Crippen LogP contribution >= 0.6 is 0 Å². The second-order valence-corrected chi connectivity index (χ2v) is 19.5. The van der Waals surface area contributed by atoms with Gasteiger partial charge in [0.25, 0.3) is 0 Å². The number of aliphatic hydroxyl groups is 2. The summed E-state index contributed by atoms with van der Waals surface area (Å²) in [6.07, 6.45) is 7.54. The van der Waals surface area contributed by atoms with Crippen molar-refractivity contribution in [1.29, 1.82) is 0 Å². The lowest BCUT2D eigenvalue weighted by Crippen LogP contribution is -2.63. The third-order valence-corrected chi connectivity index (χ3v) is 15.4. The summed E-state index contributed by atoms with van der Waals surface area (Å²) in [7, 11) is 0. The third-order valence-electron chi connectivity index (χ3n) is 15.4. The Morgan fingerprint density at radius 2 is 1.21 bits per heavy atom. The van der Waals surface area contributed by atoms with Crippen LogP contribution in [0.5, 0.6) is 0 Å². The number of carboxylic acid groups (broad SMARTS) is 5. The molecule has 0 bridgehead atoms. The van der Waals surface area contributed by atoms with Gasteiger partial charge in [-0.15, -0.1) is 0 Å². The number of nitrogens with zero attached hydrogens (tertiary/aromatic N) is 3. The number of carbonyl (C=O) groups is 7. The normalized spacial score (nSPS) is 30.5. The zero-order chi connectivity index (χ0) is 46.6. The van der Waals surface area contributed by atoms with E-state index >= 15 is 0 Å². The minimum atomic E-state index is -1.24. The van der Waals surface area contributed by atoms with E-state index in [4.69, 9.17) is 10.2 Å². The number of unbranched alkanes of at least 4 members (excludes halogenated alkanes) is 2. The van der Waals surface area contributed by atoms with Crippen LogP contribution in [0.1, 0.15) is 104 Å². The number of aliphatic hydroxyl groups excluding tert-OH is 2. The lowest BCUT2D eigenvalue weighted by molar-refractivity contribution is -0.202. The van der Waals surface area contributed by atoms with Crippen molar-refractivity contribution >= 4 is 41.7 Å². The van der Waals surface area contributed by atoms with Gasteiger partial charge in [-0.3, -0.25) is 48.3 Å². The summed E-state index contributed by atoms with van der Waals surface area (Å²) >= 11 is 0. The van der Waals surface area contributed by atoms with Gasteiger partial charge in [-0.25, -0.2) is 0 Å². The van der Waals surface area contributed by atoms with Gasteiger partial charge in [0.2, 0.25) is 11.8 Å². The molecular formula is C44H73N5O14. The molecule has 0 saturated heterocycles. The Kier molecular flexibility index (Phi) is 19.2. The predicted octanol–water partition coefficient (Wildman–Crippen LogP) is 1.49. The first-order valence-corrected chi connectivity index (χ1v) is 22.8. The minimum absolute atomic E-state index is 0.00291. The van der Waals surface area contributed by atoms with Crippen molar-refractivity contribution in [3.8, 4) is 0 Å². The molecule has 0 aromatic rings. The second-order valence-electron chi connectivity index (χ2n) is 19.5. The summed E-state index contributed by atoms with van der Waals surface area (Å²) in [5, 5.41) is 75.8. The van der Waals surface area contributed by atoms with Crippen LogP contribution in [0.4, 0.5) is 0 Å². The number of amides is 2. The zero-order valence-corrected chi connectivity index (χ0v) is 37.3. The van der Waals surface area contributed by atoms with E-state index in [0.717, 1.165) is 37.0 Å². The first-order valence-electron chi connectivity index (χ1n) is 22.8. The second kappa shape index (κ2) is 23.3. The van der Waals surface area contributed by atoms with E-state index in [1.54, 1.807) is 0 Å². The largest absolute Gasteiger partial charge is 0.481 e. The summed E-state index contributed by atoms with van der Waals surface area (Å²) in [6, 6.07) is -0.00291. The van der Waals surface area contributed by atoms with Crippen molar-refractivity contribution in [2.75, 3.05) is 65.4 Å². The molecule has 0 unspecified atom stereocenters. The molecule has 4 rings (SSSR count). The summed E-state index contributed by atoms with van der Waals surface area (Å²) in [6.45, 7) is 4.56. The Labute approximate surface area is 369 Å². The highest BCUT2D eigenvalue weighted by Crippen LogP contribution is 2.68. The van der Waals surface area contributed by atoms with Gasteiger partial charge < -0.3 is 46.4 Å². The Bertz CT molecular complexity index is 1600. The third kappa shape index (κ3) is 14.3. The molecule has 0 aliphatic heterocycles. The van der Waals surface area contributed by atoms with Crippen molar-refractivity contribution in [3.63, 3.8) is 0 Å². The predicted molar refractivity (Wildman–Crippen MR) is 227 cm³/mol. The van der Waals surface area contributed by atoms with Crippen LogP contribution in [-0.4, -0.2) is 176 Å². The fourth-order valence-corrected chi connectivity index (χ4v) is 12.2. The first kappa shape index (κ1) is 51.7. The maximum absolute atomic E-state index is 13.1. The molecule has 358 valence electrons. The molecule has 19 nitrogen and oxygen atoms in total. The van der Waals surface area contributed by atoms with Crippen LogP contribution in [-0.2, 0) is 33.6 Å². The van der Waals surface area contributed by atoms with Crippen molar-refractivity contribution in [1.82, 2.24) is 25.3 Å². The van der Waals surface area contributed by atoms with Crippen LogP contribution in [0, 0.1) is 46.3 Å². The molecule has 19 heteroatoms. The lowest BCUT2D eigenvalue weighted by atomic mass is 9.43. The summed E-state index contributed by atoms with van der Waals surface area (Å²) < 4.78 is 0. The molecule has 11 atom stereocenters. The quantitative estimate of drug-likeness (QED) is 0.0528. The van der Waals surface area contributed by atoms with Crippen LogP contribution in [0.15, 0.2) is 0 Å². The summed E-state index contributed by atoms with van der Waals surface area (Å²) in [5.41, 5.74) is -0.418. The number of fused-ring (bicyclic) bond motifs is 5. The summed E-state index contributed by atoms with van der Waals surface area (Å²) in [4.78, 5) is 86.3. The van der Waals surface area contributed by atoms with E-state index in [1.807, 2.05) is 0 Å². The molecule has 9 N–H and O–H groups in total. The molecule has 0 radical (unpaired) electrons. The molecule has 4 saturated carbocycles. The number of hydrogen-bond acceptors (Lipinski definition) is 12. The molecule has 0 spiro atoms. The number of aliphatic carboxylic acids is 5. The Morgan fingerprint density at radius 3 is 1.79 bits per heavy atom. The van der Waals surface area contributed by atoms with Crippen LogP contribution < -0.4 is 10.6 Å². The molecule has 63 heavy (non-hydrogen) atoms. The fraction of sp³-hybridized carbons (Fsp3) is 0.841. The molecule has 2 amide bonds. The van der Waals surface area contributed by atoms with Gasteiger partial charge >= 0.3 is 29.8 Å². The average molecular weight is 896 g/mol. The lowest BCUT2D eigenvalue weighted by Gasteiger charge is -2.63.